The number of hydrogen-bond donors (Lipinski definition) is 1. The van der Waals surface area contributed by atoms with Gasteiger partial charge >= 0.3 is 0 Å². The molecule has 3 atom stereocenters. The van der Waals surface area contributed by atoms with Crippen molar-refractivity contribution in [3.05, 3.63) is 87.2 Å². The molecular weight excluding hydrogens is 538 g/mol. The summed E-state index contributed by atoms with van der Waals surface area (Å²) in [6.07, 6.45) is 7.44. The van der Waals surface area contributed by atoms with Crippen molar-refractivity contribution in [1.82, 2.24) is 9.62 Å². The predicted octanol–water partition coefficient (Wildman–Crippen LogP) is 5.64. The molecule has 38 heavy (non-hydrogen) atoms. The number of hydrogen-bond acceptors (Lipinski definition) is 6. The smallest absolute Gasteiger partial charge is 0.246 e. The first-order valence-electron chi connectivity index (χ1n) is 12.7. The Labute approximate surface area is 234 Å². The summed E-state index contributed by atoms with van der Waals surface area (Å²) in [5.74, 6) is 0.857. The molecular formula is C29H30ClN3O3S2. The van der Waals surface area contributed by atoms with Gasteiger partial charge in [0.25, 0.3) is 0 Å². The van der Waals surface area contributed by atoms with Gasteiger partial charge in [0.15, 0.2) is 0 Å². The normalized spacial score (nSPS) is 23.3. The third-order valence-corrected chi connectivity index (χ3v) is 11.0. The summed E-state index contributed by atoms with van der Waals surface area (Å²) in [6, 6.07) is 17.5. The van der Waals surface area contributed by atoms with Gasteiger partial charge in [0.2, 0.25) is 10.0 Å². The number of halogens is 1. The lowest BCUT2D eigenvalue weighted by Crippen LogP contribution is -2.37. The lowest BCUT2D eigenvalue weighted by atomic mass is 9.94. The summed E-state index contributed by atoms with van der Waals surface area (Å²) in [5, 5.41) is 9.70. The van der Waals surface area contributed by atoms with E-state index in [-0.39, 0.29) is 17.2 Å². The van der Waals surface area contributed by atoms with E-state index in [1.807, 2.05) is 73.7 Å². The highest BCUT2D eigenvalue weighted by Crippen LogP contribution is 2.47. The number of thioether (sulfide) groups is 1. The maximum absolute atomic E-state index is 13.2. The van der Waals surface area contributed by atoms with Gasteiger partial charge < -0.3 is 9.64 Å². The number of ether oxygens (including phenoxy) is 1. The zero-order valence-corrected chi connectivity index (χ0v) is 23.5. The largest absolute Gasteiger partial charge is 0.494 e. The first-order chi connectivity index (χ1) is 18.3. The van der Waals surface area contributed by atoms with Gasteiger partial charge in [0.05, 0.1) is 18.2 Å². The van der Waals surface area contributed by atoms with Crippen LogP contribution < -0.4 is 9.46 Å². The average Bonchev–Trinajstić information content (AvgIpc) is 3.50. The monoisotopic (exact) mass is 567 g/mol. The Kier molecular flexibility index (Phi) is 8.32. The van der Waals surface area contributed by atoms with Crippen LogP contribution in [0.2, 0.25) is 0 Å². The van der Waals surface area contributed by atoms with E-state index >= 15 is 0 Å². The molecule has 1 N–H and O–H groups in total. The van der Waals surface area contributed by atoms with E-state index in [1.165, 1.54) is 11.8 Å². The molecule has 0 bridgehead atoms. The highest BCUT2D eigenvalue weighted by atomic mass is 35.5. The molecule has 5 rings (SSSR count). The number of nitriles is 1. The van der Waals surface area contributed by atoms with Crippen molar-refractivity contribution in [3.8, 4) is 22.9 Å². The Morgan fingerprint density at radius 1 is 1.16 bits per heavy atom. The minimum atomic E-state index is -3.56. The first-order valence-corrected chi connectivity index (χ1v) is 15.5. The average molecular weight is 568 g/mol. The lowest BCUT2D eigenvalue weighted by Gasteiger charge is -2.17. The van der Waals surface area contributed by atoms with Gasteiger partial charge in [0.1, 0.15) is 9.99 Å². The number of nitrogens with one attached hydrogen (secondary N) is 1. The molecule has 0 aromatic heterocycles. The third kappa shape index (κ3) is 6.19. The minimum Gasteiger partial charge on any atom is -0.494 e. The highest BCUT2D eigenvalue weighted by Gasteiger charge is 2.39. The van der Waals surface area contributed by atoms with Gasteiger partial charge in [-0.3, -0.25) is 0 Å². The Balaban J connectivity index is 1.06. The van der Waals surface area contributed by atoms with Crippen LogP contribution in [-0.4, -0.2) is 50.9 Å². The Bertz CT molecular complexity index is 1410. The SMILES string of the molecule is CC1=C(S(=O)(=O)NC2CCN(CCCOc3ccc(-c4ccc(C#N)cc4)cc3)C2)SC2C=CC(Cl)=CC12. The molecule has 0 saturated carbocycles. The molecule has 2 aromatic rings. The Hall–Kier alpha value is -2.54. The third-order valence-electron chi connectivity index (χ3n) is 7.13. The van der Waals surface area contributed by atoms with Crippen LogP contribution in [0.15, 0.2) is 81.6 Å². The van der Waals surface area contributed by atoms with Gasteiger partial charge in [-0.05, 0) is 73.4 Å². The Morgan fingerprint density at radius 2 is 1.87 bits per heavy atom. The van der Waals surface area contributed by atoms with Crippen LogP contribution in [0.5, 0.6) is 5.75 Å². The quantitative estimate of drug-likeness (QED) is 0.395. The molecule has 3 unspecified atom stereocenters. The fourth-order valence-corrected chi connectivity index (χ4v) is 8.75. The standard InChI is InChI=1S/C29H30ClN3O3S2/c1-20-27-17-24(30)9-12-28(27)37-29(20)38(34,35)32-25-13-15-33(19-25)14-2-16-36-26-10-7-23(8-11-26)22-5-3-21(18-31)4-6-22/h3-12,17,25,27-28,32H,2,13-16,19H2,1H3. The summed E-state index contributed by atoms with van der Waals surface area (Å²) in [5.41, 5.74) is 3.65. The van der Waals surface area contributed by atoms with Crippen molar-refractivity contribution in [1.29, 1.82) is 5.26 Å². The molecule has 1 fully saturated rings. The summed E-state index contributed by atoms with van der Waals surface area (Å²) < 4.78 is 35.7. The van der Waals surface area contributed by atoms with Crippen molar-refractivity contribution in [2.45, 2.75) is 31.1 Å². The van der Waals surface area contributed by atoms with E-state index in [9.17, 15) is 8.42 Å². The van der Waals surface area contributed by atoms with E-state index < -0.39 is 10.0 Å². The summed E-state index contributed by atoms with van der Waals surface area (Å²) in [6.45, 7) is 4.92. The van der Waals surface area contributed by atoms with Gasteiger partial charge in [0, 0.05) is 35.3 Å². The molecule has 1 aliphatic carbocycles. The van der Waals surface area contributed by atoms with Crippen LogP contribution in [0.4, 0.5) is 0 Å². The van der Waals surface area contributed by atoms with Gasteiger partial charge in [-0.25, -0.2) is 13.1 Å². The zero-order chi connectivity index (χ0) is 26.7. The van der Waals surface area contributed by atoms with E-state index in [1.54, 1.807) is 0 Å². The molecule has 0 amide bonds. The molecule has 0 spiro atoms. The van der Waals surface area contributed by atoms with Crippen molar-refractivity contribution < 1.29 is 13.2 Å². The second-order valence-corrected chi connectivity index (χ2v) is 13.3. The highest BCUT2D eigenvalue weighted by molar-refractivity contribution is 8.18. The fourth-order valence-electron chi connectivity index (χ4n) is 5.10. The van der Waals surface area contributed by atoms with Crippen LogP contribution in [-0.2, 0) is 10.0 Å². The van der Waals surface area contributed by atoms with Crippen molar-refractivity contribution >= 4 is 33.4 Å². The number of benzene rings is 2. The Morgan fingerprint density at radius 3 is 2.58 bits per heavy atom. The molecule has 9 heteroatoms. The number of sulfonamides is 1. The summed E-state index contributed by atoms with van der Waals surface area (Å²) in [7, 11) is -3.56. The van der Waals surface area contributed by atoms with Crippen molar-refractivity contribution in [2.75, 3.05) is 26.2 Å². The van der Waals surface area contributed by atoms with E-state index in [4.69, 9.17) is 21.6 Å². The maximum atomic E-state index is 13.2. The number of likely N-dealkylation sites (tertiary alicyclic amines) is 1. The second kappa shape index (κ2) is 11.7. The molecule has 0 radical (unpaired) electrons. The van der Waals surface area contributed by atoms with Crippen molar-refractivity contribution in [3.63, 3.8) is 0 Å². The van der Waals surface area contributed by atoms with Crippen molar-refractivity contribution in [2.24, 2.45) is 5.92 Å². The number of fused-ring (bicyclic) bond motifs is 1. The molecule has 2 aromatic carbocycles. The van der Waals surface area contributed by atoms with Crippen LogP contribution >= 0.6 is 23.4 Å². The molecule has 1 saturated heterocycles. The molecule has 2 aliphatic heterocycles. The number of rotatable bonds is 9. The van der Waals surface area contributed by atoms with Crippen LogP contribution in [0.25, 0.3) is 11.1 Å². The van der Waals surface area contributed by atoms with Crippen LogP contribution in [0, 0.1) is 17.2 Å². The maximum Gasteiger partial charge on any atom is 0.246 e. The summed E-state index contributed by atoms with van der Waals surface area (Å²) in [4.78, 5) is 2.29. The first kappa shape index (κ1) is 27.0. The zero-order valence-electron chi connectivity index (χ0n) is 21.1. The molecule has 198 valence electrons. The topological polar surface area (TPSA) is 82.4 Å². The van der Waals surface area contributed by atoms with Crippen LogP contribution in [0.1, 0.15) is 25.3 Å². The van der Waals surface area contributed by atoms with Gasteiger partial charge in [-0.1, -0.05) is 48.0 Å². The lowest BCUT2D eigenvalue weighted by molar-refractivity contribution is 0.261. The molecule has 3 aliphatic rings. The van der Waals surface area contributed by atoms with E-state index in [2.05, 4.69) is 15.7 Å². The van der Waals surface area contributed by atoms with E-state index in [0.717, 1.165) is 48.4 Å². The van der Waals surface area contributed by atoms with Crippen LogP contribution in [0.3, 0.4) is 0 Å². The predicted molar refractivity (Wildman–Crippen MR) is 154 cm³/mol. The number of nitrogens with zero attached hydrogens (tertiary/aromatic N) is 2. The fraction of sp³-hybridized carbons (Fsp3) is 0.345. The van der Waals surface area contributed by atoms with Gasteiger partial charge in [-0.2, -0.15) is 5.26 Å². The molecule has 6 nitrogen and oxygen atoms in total. The van der Waals surface area contributed by atoms with Gasteiger partial charge in [-0.15, -0.1) is 11.8 Å². The second-order valence-electron chi connectivity index (χ2n) is 9.81. The molecule has 2 heterocycles. The minimum absolute atomic E-state index is 0.0383. The number of allylic oxidation sites excluding steroid dienone is 4. The van der Waals surface area contributed by atoms with E-state index in [0.29, 0.717) is 28.0 Å². The summed E-state index contributed by atoms with van der Waals surface area (Å²) >= 11 is 7.55.